The Bertz CT molecular complexity index is 646. The van der Waals surface area contributed by atoms with E-state index in [1.807, 2.05) is 30.3 Å². The Morgan fingerprint density at radius 3 is 2.67 bits per heavy atom. The molecule has 2 aromatic carbocycles. The van der Waals surface area contributed by atoms with Crippen LogP contribution in [0.2, 0.25) is 0 Å². The van der Waals surface area contributed by atoms with Gasteiger partial charge in [-0.3, -0.25) is 4.79 Å². The van der Waals surface area contributed by atoms with E-state index in [9.17, 15) is 9.18 Å². The Morgan fingerprint density at radius 2 is 2.00 bits per heavy atom. The number of anilines is 1. The molecule has 1 atom stereocenters. The summed E-state index contributed by atoms with van der Waals surface area (Å²) in [7, 11) is 0. The summed E-state index contributed by atoms with van der Waals surface area (Å²) < 4.78 is 13.7. The van der Waals surface area contributed by atoms with Crippen LogP contribution in [0.25, 0.3) is 0 Å². The summed E-state index contributed by atoms with van der Waals surface area (Å²) >= 11 is 3.10. The van der Waals surface area contributed by atoms with E-state index in [1.54, 1.807) is 6.92 Å². The Labute approximate surface area is 131 Å². The van der Waals surface area contributed by atoms with Crippen molar-refractivity contribution in [3.8, 4) is 0 Å². The number of hydrogen-bond donors (Lipinski definition) is 2. The van der Waals surface area contributed by atoms with Gasteiger partial charge in [-0.05, 0) is 52.5 Å². The van der Waals surface area contributed by atoms with Crippen LogP contribution in [0, 0.1) is 12.7 Å². The minimum Gasteiger partial charge on any atom is -0.324 e. The molecule has 0 saturated carbocycles. The molecule has 0 spiro atoms. The number of amides is 1. The zero-order valence-corrected chi connectivity index (χ0v) is 13.2. The fourth-order valence-corrected chi connectivity index (χ4v) is 2.31. The average Bonchev–Trinajstić information content (AvgIpc) is 2.45. The molecule has 0 heterocycles. The zero-order valence-electron chi connectivity index (χ0n) is 11.6. The number of hydrogen-bond acceptors (Lipinski definition) is 2. The summed E-state index contributed by atoms with van der Waals surface area (Å²) in [5.41, 5.74) is 8.12. The van der Waals surface area contributed by atoms with Crippen molar-refractivity contribution < 1.29 is 9.18 Å². The third kappa shape index (κ3) is 4.12. The number of aryl methyl sites for hydroxylation is 1. The maximum atomic E-state index is 13.4. The van der Waals surface area contributed by atoms with Crippen molar-refractivity contribution in [2.45, 2.75) is 19.4 Å². The van der Waals surface area contributed by atoms with Crippen LogP contribution in [0.4, 0.5) is 10.1 Å². The lowest BCUT2D eigenvalue weighted by Gasteiger charge is -2.14. The molecule has 1 unspecified atom stereocenters. The van der Waals surface area contributed by atoms with Crippen LogP contribution >= 0.6 is 15.9 Å². The first kappa shape index (κ1) is 15.7. The lowest BCUT2D eigenvalue weighted by molar-refractivity contribution is -0.117. The second-order valence-electron chi connectivity index (χ2n) is 4.87. The molecular formula is C16H16BrFN2O. The highest BCUT2D eigenvalue weighted by atomic mass is 79.9. The second-order valence-corrected chi connectivity index (χ2v) is 5.72. The van der Waals surface area contributed by atoms with Crippen molar-refractivity contribution in [1.29, 1.82) is 0 Å². The van der Waals surface area contributed by atoms with E-state index in [1.165, 1.54) is 12.1 Å². The van der Waals surface area contributed by atoms with Gasteiger partial charge in [-0.15, -0.1) is 0 Å². The first-order valence-corrected chi connectivity index (χ1v) is 7.32. The lowest BCUT2D eigenvalue weighted by atomic mass is 10.1. The maximum absolute atomic E-state index is 13.4. The first-order valence-electron chi connectivity index (χ1n) is 6.53. The van der Waals surface area contributed by atoms with Crippen molar-refractivity contribution in [2.24, 2.45) is 5.73 Å². The minimum absolute atomic E-state index is 0.291. The minimum atomic E-state index is -0.657. The van der Waals surface area contributed by atoms with Crippen molar-refractivity contribution in [3.05, 3.63) is 63.9 Å². The summed E-state index contributed by atoms with van der Waals surface area (Å²) in [6.45, 7) is 1.73. The number of carbonyl (C=O) groups excluding carboxylic acids is 1. The quantitative estimate of drug-likeness (QED) is 0.887. The highest BCUT2D eigenvalue weighted by Crippen LogP contribution is 2.24. The van der Waals surface area contributed by atoms with Gasteiger partial charge < -0.3 is 11.1 Å². The molecule has 21 heavy (non-hydrogen) atoms. The van der Waals surface area contributed by atoms with E-state index in [4.69, 9.17) is 5.73 Å². The normalized spacial score (nSPS) is 12.0. The number of halogens is 2. The summed E-state index contributed by atoms with van der Waals surface area (Å²) in [5, 5.41) is 2.74. The van der Waals surface area contributed by atoms with E-state index < -0.39 is 6.04 Å². The Morgan fingerprint density at radius 1 is 1.33 bits per heavy atom. The topological polar surface area (TPSA) is 55.1 Å². The van der Waals surface area contributed by atoms with E-state index >= 15 is 0 Å². The summed E-state index contributed by atoms with van der Waals surface area (Å²) in [6.07, 6.45) is 0.452. The van der Waals surface area contributed by atoms with Crippen LogP contribution in [0.1, 0.15) is 11.1 Å². The van der Waals surface area contributed by atoms with Crippen LogP contribution in [0.3, 0.4) is 0 Å². The Kier molecular flexibility index (Phi) is 5.09. The zero-order chi connectivity index (χ0) is 15.4. The average molecular weight is 351 g/mol. The molecule has 0 bridgehead atoms. The molecule has 0 aliphatic carbocycles. The molecule has 0 fully saturated rings. The van der Waals surface area contributed by atoms with Gasteiger partial charge in [0.2, 0.25) is 5.91 Å². The number of rotatable bonds is 4. The number of benzene rings is 2. The van der Waals surface area contributed by atoms with Gasteiger partial charge in [-0.25, -0.2) is 4.39 Å². The predicted molar refractivity (Wildman–Crippen MR) is 85.6 cm³/mol. The van der Waals surface area contributed by atoms with Crippen LogP contribution in [0.5, 0.6) is 0 Å². The summed E-state index contributed by atoms with van der Waals surface area (Å²) in [5.74, 6) is -0.653. The number of carbonyl (C=O) groups is 1. The predicted octanol–water partition coefficient (Wildman–Crippen LogP) is 3.41. The van der Waals surface area contributed by atoms with Crippen molar-refractivity contribution >= 4 is 27.5 Å². The molecule has 0 aliphatic heterocycles. The van der Waals surface area contributed by atoms with Crippen molar-refractivity contribution in [1.82, 2.24) is 0 Å². The highest BCUT2D eigenvalue weighted by molar-refractivity contribution is 9.10. The molecule has 0 aliphatic rings. The van der Waals surface area contributed by atoms with E-state index in [-0.39, 0.29) is 11.7 Å². The van der Waals surface area contributed by atoms with Gasteiger partial charge in [-0.1, -0.05) is 30.3 Å². The van der Waals surface area contributed by atoms with Gasteiger partial charge in [0.15, 0.2) is 0 Å². The van der Waals surface area contributed by atoms with Gasteiger partial charge in [0.1, 0.15) is 5.82 Å². The van der Waals surface area contributed by atoms with E-state index in [0.29, 0.717) is 22.1 Å². The molecule has 5 heteroatoms. The lowest BCUT2D eigenvalue weighted by Crippen LogP contribution is -2.37. The fourth-order valence-electron chi connectivity index (χ4n) is 1.97. The van der Waals surface area contributed by atoms with Gasteiger partial charge in [0, 0.05) is 5.69 Å². The van der Waals surface area contributed by atoms with Crippen LogP contribution in [-0.4, -0.2) is 11.9 Å². The molecular weight excluding hydrogens is 335 g/mol. The Balaban J connectivity index is 2.06. The van der Waals surface area contributed by atoms with Gasteiger partial charge in [0.25, 0.3) is 0 Å². The third-order valence-electron chi connectivity index (χ3n) is 3.16. The van der Waals surface area contributed by atoms with Crippen LogP contribution in [-0.2, 0) is 11.2 Å². The van der Waals surface area contributed by atoms with Gasteiger partial charge >= 0.3 is 0 Å². The molecule has 110 valence electrons. The van der Waals surface area contributed by atoms with Crippen molar-refractivity contribution in [2.75, 3.05) is 5.32 Å². The van der Waals surface area contributed by atoms with Gasteiger partial charge in [-0.2, -0.15) is 0 Å². The van der Waals surface area contributed by atoms with Crippen molar-refractivity contribution in [3.63, 3.8) is 0 Å². The fraction of sp³-hybridized carbons (Fsp3) is 0.188. The van der Waals surface area contributed by atoms with E-state index in [0.717, 1.165) is 5.56 Å². The SMILES string of the molecule is Cc1cc(F)c(Br)cc1NC(=O)C(N)Cc1ccccc1. The smallest absolute Gasteiger partial charge is 0.241 e. The Hall–Kier alpha value is -1.72. The van der Waals surface area contributed by atoms with E-state index in [2.05, 4.69) is 21.2 Å². The molecule has 2 aromatic rings. The molecule has 2 rings (SSSR count). The molecule has 0 radical (unpaired) electrons. The standard InChI is InChI=1S/C16H16BrFN2O/c1-10-7-13(18)12(17)9-15(10)20-16(21)14(19)8-11-5-3-2-4-6-11/h2-7,9,14H,8,19H2,1H3,(H,20,21). The van der Waals surface area contributed by atoms with Gasteiger partial charge in [0.05, 0.1) is 10.5 Å². The van der Waals surface area contributed by atoms with Crippen LogP contribution < -0.4 is 11.1 Å². The second kappa shape index (κ2) is 6.83. The molecule has 3 nitrogen and oxygen atoms in total. The summed E-state index contributed by atoms with van der Waals surface area (Å²) in [4.78, 5) is 12.1. The number of nitrogens with one attached hydrogen (secondary N) is 1. The maximum Gasteiger partial charge on any atom is 0.241 e. The number of nitrogens with two attached hydrogens (primary N) is 1. The highest BCUT2D eigenvalue weighted by Gasteiger charge is 2.16. The largest absolute Gasteiger partial charge is 0.324 e. The monoisotopic (exact) mass is 350 g/mol. The van der Waals surface area contributed by atoms with Crippen LogP contribution in [0.15, 0.2) is 46.9 Å². The molecule has 0 saturated heterocycles. The summed E-state index contributed by atoms with van der Waals surface area (Å²) in [6, 6.07) is 11.8. The third-order valence-corrected chi connectivity index (χ3v) is 3.77. The first-order chi connectivity index (χ1) is 9.97. The molecule has 3 N–H and O–H groups in total. The molecule has 0 aromatic heterocycles. The molecule has 1 amide bonds.